The van der Waals surface area contributed by atoms with E-state index >= 15 is 0 Å². The summed E-state index contributed by atoms with van der Waals surface area (Å²) < 4.78 is 10.7. The first-order chi connectivity index (χ1) is 8.97. The Balaban J connectivity index is 3.10. The van der Waals surface area contributed by atoms with Crippen molar-refractivity contribution in [1.29, 1.82) is 0 Å². The largest absolute Gasteiger partial charge is 0.497 e. The lowest BCUT2D eigenvalue weighted by Crippen LogP contribution is -2.33. The molecule has 0 aromatic heterocycles. The number of anilines is 1. The van der Waals surface area contributed by atoms with Crippen molar-refractivity contribution in [3.8, 4) is 11.5 Å². The summed E-state index contributed by atoms with van der Waals surface area (Å²) >= 11 is 12.2. The van der Waals surface area contributed by atoms with Crippen LogP contribution in [0.4, 0.5) is 5.69 Å². The van der Waals surface area contributed by atoms with E-state index in [0.29, 0.717) is 13.1 Å². The molecule has 5 heteroatoms. The molecule has 0 N–H and O–H groups in total. The number of hydrogen-bond acceptors (Lipinski definition) is 3. The summed E-state index contributed by atoms with van der Waals surface area (Å²) in [7, 11) is 3.29. The van der Waals surface area contributed by atoms with Gasteiger partial charge in [0, 0.05) is 29.9 Å². The number of rotatable bonds is 7. The van der Waals surface area contributed by atoms with Crippen molar-refractivity contribution >= 4 is 28.9 Å². The Bertz CT molecular complexity index is 387. The fourth-order valence-corrected chi connectivity index (χ4v) is 2.26. The molecule has 0 amide bonds. The van der Waals surface area contributed by atoms with Gasteiger partial charge in [0.1, 0.15) is 11.5 Å². The van der Waals surface area contributed by atoms with Crippen molar-refractivity contribution in [1.82, 2.24) is 0 Å². The molecule has 0 saturated heterocycles. The average molecular weight is 306 g/mol. The number of benzene rings is 1. The van der Waals surface area contributed by atoms with Gasteiger partial charge in [0.2, 0.25) is 0 Å². The van der Waals surface area contributed by atoms with Crippen molar-refractivity contribution in [3.63, 3.8) is 0 Å². The molecule has 1 aromatic carbocycles. The van der Waals surface area contributed by atoms with Crippen LogP contribution in [0.3, 0.4) is 0 Å². The van der Waals surface area contributed by atoms with E-state index in [1.807, 2.05) is 32.0 Å². The van der Waals surface area contributed by atoms with Gasteiger partial charge in [0.25, 0.3) is 0 Å². The third-order valence-electron chi connectivity index (χ3n) is 2.67. The van der Waals surface area contributed by atoms with Gasteiger partial charge in [0.15, 0.2) is 0 Å². The van der Waals surface area contributed by atoms with E-state index in [9.17, 15) is 0 Å². The normalized spacial score (nSPS) is 13.8. The molecule has 0 spiro atoms. The van der Waals surface area contributed by atoms with E-state index in [2.05, 4.69) is 4.90 Å². The zero-order chi connectivity index (χ0) is 14.4. The predicted molar refractivity (Wildman–Crippen MR) is 82.4 cm³/mol. The van der Waals surface area contributed by atoms with Crippen LogP contribution in [-0.4, -0.2) is 38.1 Å². The summed E-state index contributed by atoms with van der Waals surface area (Å²) in [5.41, 5.74) is 0.946. The Kier molecular flexibility index (Phi) is 6.59. The lowest BCUT2D eigenvalue weighted by molar-refractivity contribution is 0.402. The molecule has 108 valence electrons. The highest BCUT2D eigenvalue weighted by Gasteiger charge is 2.17. The molecule has 0 aliphatic rings. The highest BCUT2D eigenvalue weighted by atomic mass is 35.5. The van der Waals surface area contributed by atoms with Crippen molar-refractivity contribution < 1.29 is 9.47 Å². The Hall–Kier alpha value is -0.800. The summed E-state index contributed by atoms with van der Waals surface area (Å²) in [5.74, 6) is 1.57. The second-order valence-electron chi connectivity index (χ2n) is 4.50. The molecule has 0 aliphatic heterocycles. The van der Waals surface area contributed by atoms with E-state index in [-0.39, 0.29) is 10.8 Å². The molecule has 0 radical (unpaired) electrons. The van der Waals surface area contributed by atoms with Gasteiger partial charge in [-0.2, -0.15) is 0 Å². The Morgan fingerprint density at radius 2 is 1.63 bits per heavy atom. The van der Waals surface area contributed by atoms with E-state index in [4.69, 9.17) is 32.7 Å². The average Bonchev–Trinajstić information content (AvgIpc) is 2.36. The van der Waals surface area contributed by atoms with Crippen LogP contribution >= 0.6 is 23.2 Å². The zero-order valence-corrected chi connectivity index (χ0v) is 13.3. The maximum atomic E-state index is 6.12. The molecule has 1 aromatic rings. The molecule has 2 atom stereocenters. The van der Waals surface area contributed by atoms with Crippen molar-refractivity contribution in [2.45, 2.75) is 24.6 Å². The molecular formula is C14H21Cl2NO2. The maximum Gasteiger partial charge on any atom is 0.142 e. The molecule has 2 unspecified atom stereocenters. The predicted octanol–water partition coefficient (Wildman–Crippen LogP) is 3.76. The molecule has 0 aliphatic carbocycles. The monoisotopic (exact) mass is 305 g/mol. The maximum absolute atomic E-state index is 6.12. The number of ether oxygens (including phenoxy) is 2. The lowest BCUT2D eigenvalue weighted by Gasteiger charge is -2.28. The van der Waals surface area contributed by atoms with E-state index in [1.54, 1.807) is 14.2 Å². The minimum Gasteiger partial charge on any atom is -0.497 e. The molecule has 0 heterocycles. The van der Waals surface area contributed by atoms with Gasteiger partial charge in [0.05, 0.1) is 19.9 Å². The molecule has 0 bridgehead atoms. The van der Waals surface area contributed by atoms with Crippen LogP contribution in [0.25, 0.3) is 0 Å². The molecule has 0 fully saturated rings. The standard InChI is InChI=1S/C14H21Cl2NO2/c1-10(15)8-17(9-11(2)16)13-7-12(18-3)5-6-14(13)19-4/h5-7,10-11H,8-9H2,1-4H3. The van der Waals surface area contributed by atoms with Gasteiger partial charge in [-0.25, -0.2) is 0 Å². The van der Waals surface area contributed by atoms with Gasteiger partial charge < -0.3 is 14.4 Å². The Labute approximate surface area is 125 Å². The van der Waals surface area contributed by atoms with Gasteiger partial charge in [-0.15, -0.1) is 23.2 Å². The van der Waals surface area contributed by atoms with Crippen LogP contribution in [0.15, 0.2) is 18.2 Å². The lowest BCUT2D eigenvalue weighted by atomic mass is 10.2. The highest BCUT2D eigenvalue weighted by Crippen LogP contribution is 2.33. The first-order valence-electron chi connectivity index (χ1n) is 6.23. The number of hydrogen-bond donors (Lipinski definition) is 0. The van der Waals surface area contributed by atoms with Crippen LogP contribution in [0.1, 0.15) is 13.8 Å². The van der Waals surface area contributed by atoms with Crippen molar-refractivity contribution in [2.24, 2.45) is 0 Å². The topological polar surface area (TPSA) is 21.7 Å². The van der Waals surface area contributed by atoms with Crippen LogP contribution in [0.5, 0.6) is 11.5 Å². The summed E-state index contributed by atoms with van der Waals surface area (Å²) in [5, 5.41) is 0.0395. The minimum absolute atomic E-state index is 0.0197. The summed E-state index contributed by atoms with van der Waals surface area (Å²) in [4.78, 5) is 2.12. The van der Waals surface area contributed by atoms with Gasteiger partial charge in [-0.3, -0.25) is 0 Å². The summed E-state index contributed by atoms with van der Waals surface area (Å²) in [6, 6.07) is 5.70. The molecular weight excluding hydrogens is 285 g/mol. The van der Waals surface area contributed by atoms with E-state index in [1.165, 1.54) is 0 Å². The summed E-state index contributed by atoms with van der Waals surface area (Å²) in [6.45, 7) is 5.31. The number of halogens is 2. The molecule has 19 heavy (non-hydrogen) atoms. The van der Waals surface area contributed by atoms with E-state index in [0.717, 1.165) is 17.2 Å². The van der Waals surface area contributed by atoms with Crippen molar-refractivity contribution in [3.05, 3.63) is 18.2 Å². The fraction of sp³-hybridized carbons (Fsp3) is 0.571. The fourth-order valence-electron chi connectivity index (χ4n) is 1.92. The van der Waals surface area contributed by atoms with Gasteiger partial charge >= 0.3 is 0 Å². The second-order valence-corrected chi connectivity index (χ2v) is 5.99. The Morgan fingerprint density at radius 1 is 1.05 bits per heavy atom. The number of methoxy groups -OCH3 is 2. The van der Waals surface area contributed by atoms with Crippen molar-refractivity contribution in [2.75, 3.05) is 32.2 Å². The van der Waals surface area contributed by atoms with Crippen LogP contribution in [0, 0.1) is 0 Å². The summed E-state index contributed by atoms with van der Waals surface area (Å²) in [6.07, 6.45) is 0. The minimum atomic E-state index is 0.0197. The zero-order valence-electron chi connectivity index (χ0n) is 11.8. The smallest absolute Gasteiger partial charge is 0.142 e. The molecule has 0 saturated carbocycles. The second kappa shape index (κ2) is 7.71. The van der Waals surface area contributed by atoms with Gasteiger partial charge in [-0.05, 0) is 26.0 Å². The van der Waals surface area contributed by atoms with Crippen LogP contribution in [0.2, 0.25) is 0 Å². The third kappa shape index (κ3) is 5.00. The first-order valence-corrected chi connectivity index (χ1v) is 7.10. The van der Waals surface area contributed by atoms with Gasteiger partial charge in [-0.1, -0.05) is 0 Å². The SMILES string of the molecule is COc1ccc(OC)c(N(CC(C)Cl)CC(C)Cl)c1. The third-order valence-corrected chi connectivity index (χ3v) is 2.95. The Morgan fingerprint density at radius 3 is 2.05 bits per heavy atom. The number of alkyl halides is 2. The molecule has 1 rings (SSSR count). The molecule has 3 nitrogen and oxygen atoms in total. The highest BCUT2D eigenvalue weighted by molar-refractivity contribution is 6.21. The first kappa shape index (κ1) is 16.3. The van der Waals surface area contributed by atoms with Crippen LogP contribution in [-0.2, 0) is 0 Å². The van der Waals surface area contributed by atoms with E-state index < -0.39 is 0 Å². The number of nitrogens with zero attached hydrogens (tertiary/aromatic N) is 1. The van der Waals surface area contributed by atoms with Crippen LogP contribution < -0.4 is 14.4 Å². The quantitative estimate of drug-likeness (QED) is 0.716.